The monoisotopic (exact) mass is 258 g/mol. The molecule has 0 fully saturated rings. The van der Waals surface area contributed by atoms with Crippen molar-refractivity contribution in [3.8, 4) is 11.5 Å². The maximum absolute atomic E-state index is 5.74. The quantitative estimate of drug-likeness (QED) is 0.895. The average Bonchev–Trinajstić information content (AvgIpc) is 2.46. The first-order chi connectivity index (χ1) is 9.19. The summed E-state index contributed by atoms with van der Waals surface area (Å²) in [4.78, 5) is 4.25. The number of hydrogen-bond donors (Lipinski definition) is 1. The normalized spacial score (nSPS) is 11.9. The number of methoxy groups -OCH3 is 1. The van der Waals surface area contributed by atoms with Crippen LogP contribution in [0.3, 0.4) is 0 Å². The van der Waals surface area contributed by atoms with E-state index in [1.165, 1.54) is 0 Å². The third-order valence-corrected chi connectivity index (χ3v) is 2.79. The molecule has 4 heteroatoms. The smallest absolute Gasteiger partial charge is 0.138 e. The minimum absolute atomic E-state index is 0.0596. The van der Waals surface area contributed by atoms with Gasteiger partial charge in [0.15, 0.2) is 0 Å². The van der Waals surface area contributed by atoms with Gasteiger partial charge in [-0.3, -0.25) is 4.98 Å². The van der Waals surface area contributed by atoms with Crippen LogP contribution >= 0.6 is 0 Å². The summed E-state index contributed by atoms with van der Waals surface area (Å²) < 4.78 is 10.8. The van der Waals surface area contributed by atoms with Crippen molar-refractivity contribution in [3.63, 3.8) is 0 Å². The number of aromatic nitrogens is 1. The van der Waals surface area contributed by atoms with Gasteiger partial charge < -0.3 is 15.2 Å². The van der Waals surface area contributed by atoms with Crippen LogP contribution in [0.5, 0.6) is 11.5 Å². The van der Waals surface area contributed by atoms with Crippen LogP contribution in [0, 0.1) is 0 Å². The van der Waals surface area contributed by atoms with Crippen LogP contribution < -0.4 is 15.2 Å². The van der Waals surface area contributed by atoms with Gasteiger partial charge in [-0.2, -0.15) is 0 Å². The van der Waals surface area contributed by atoms with Crippen molar-refractivity contribution in [1.29, 1.82) is 0 Å². The molecule has 100 valence electrons. The van der Waals surface area contributed by atoms with Crippen molar-refractivity contribution in [2.45, 2.75) is 19.6 Å². The zero-order valence-corrected chi connectivity index (χ0v) is 11.2. The molecule has 0 aliphatic carbocycles. The molecular formula is C15H18N2O2. The minimum Gasteiger partial charge on any atom is -0.497 e. The highest BCUT2D eigenvalue weighted by atomic mass is 16.5. The molecule has 4 nitrogen and oxygen atoms in total. The minimum atomic E-state index is -0.0596. The molecule has 2 rings (SSSR count). The Labute approximate surface area is 113 Å². The van der Waals surface area contributed by atoms with Crippen LogP contribution in [0.1, 0.15) is 24.2 Å². The summed E-state index contributed by atoms with van der Waals surface area (Å²) >= 11 is 0. The summed E-state index contributed by atoms with van der Waals surface area (Å²) in [5.41, 5.74) is 7.68. The molecule has 0 aliphatic rings. The summed E-state index contributed by atoms with van der Waals surface area (Å²) in [5, 5.41) is 0. The van der Waals surface area contributed by atoms with E-state index in [1.807, 2.05) is 43.3 Å². The van der Waals surface area contributed by atoms with Gasteiger partial charge in [0.1, 0.15) is 18.1 Å². The molecule has 0 saturated heterocycles. The third kappa shape index (κ3) is 3.69. The van der Waals surface area contributed by atoms with E-state index >= 15 is 0 Å². The van der Waals surface area contributed by atoms with Gasteiger partial charge in [0.2, 0.25) is 0 Å². The van der Waals surface area contributed by atoms with E-state index in [-0.39, 0.29) is 6.04 Å². The molecule has 2 aromatic rings. The predicted molar refractivity (Wildman–Crippen MR) is 74.2 cm³/mol. The zero-order chi connectivity index (χ0) is 13.7. The number of rotatable bonds is 5. The summed E-state index contributed by atoms with van der Waals surface area (Å²) in [6, 6.07) is 11.5. The molecule has 0 aliphatic heterocycles. The van der Waals surface area contributed by atoms with E-state index in [2.05, 4.69) is 4.98 Å². The topological polar surface area (TPSA) is 57.4 Å². The Hall–Kier alpha value is -2.07. The van der Waals surface area contributed by atoms with E-state index in [0.29, 0.717) is 6.61 Å². The maximum Gasteiger partial charge on any atom is 0.138 e. The lowest BCUT2D eigenvalue weighted by atomic mass is 10.2. The first-order valence-corrected chi connectivity index (χ1v) is 6.16. The van der Waals surface area contributed by atoms with Crippen LogP contribution in [0.2, 0.25) is 0 Å². The summed E-state index contributed by atoms with van der Waals surface area (Å²) in [6.07, 6.45) is 1.70. The molecule has 0 spiro atoms. The first-order valence-electron chi connectivity index (χ1n) is 6.16. The molecule has 0 saturated carbocycles. The molecule has 19 heavy (non-hydrogen) atoms. The van der Waals surface area contributed by atoms with E-state index < -0.39 is 0 Å². The fourth-order valence-corrected chi connectivity index (χ4v) is 1.63. The molecule has 1 aromatic heterocycles. The molecule has 1 atom stereocenters. The Balaban J connectivity index is 1.94. The van der Waals surface area contributed by atoms with Gasteiger partial charge in [-0.1, -0.05) is 12.1 Å². The maximum atomic E-state index is 5.74. The summed E-state index contributed by atoms with van der Waals surface area (Å²) in [5.74, 6) is 1.58. The van der Waals surface area contributed by atoms with Crippen LogP contribution in [0.25, 0.3) is 0 Å². The predicted octanol–water partition coefficient (Wildman–Crippen LogP) is 2.69. The number of pyridine rings is 1. The van der Waals surface area contributed by atoms with Crippen LogP contribution in [-0.2, 0) is 6.61 Å². The van der Waals surface area contributed by atoms with E-state index in [1.54, 1.807) is 13.3 Å². The van der Waals surface area contributed by atoms with Gasteiger partial charge in [0, 0.05) is 6.04 Å². The number of nitrogens with zero attached hydrogens (tertiary/aromatic N) is 1. The fraction of sp³-hybridized carbons (Fsp3) is 0.267. The number of ether oxygens (including phenoxy) is 2. The summed E-state index contributed by atoms with van der Waals surface area (Å²) in [6.45, 7) is 2.41. The second-order valence-corrected chi connectivity index (χ2v) is 4.34. The van der Waals surface area contributed by atoms with Crippen LogP contribution in [0.4, 0.5) is 0 Å². The van der Waals surface area contributed by atoms with Gasteiger partial charge in [0.05, 0.1) is 19.0 Å². The Morgan fingerprint density at radius 1 is 1.11 bits per heavy atom. The lowest BCUT2D eigenvalue weighted by Crippen LogP contribution is -2.07. The number of hydrogen-bond acceptors (Lipinski definition) is 4. The van der Waals surface area contributed by atoms with Crippen LogP contribution in [0.15, 0.2) is 42.6 Å². The van der Waals surface area contributed by atoms with Crippen molar-refractivity contribution < 1.29 is 9.47 Å². The number of nitrogens with two attached hydrogens (primary N) is 1. The second kappa shape index (κ2) is 6.20. The Morgan fingerprint density at radius 2 is 1.79 bits per heavy atom. The third-order valence-electron chi connectivity index (χ3n) is 2.79. The molecule has 0 bridgehead atoms. The van der Waals surface area contributed by atoms with Crippen molar-refractivity contribution >= 4 is 0 Å². The highest BCUT2D eigenvalue weighted by molar-refractivity contribution is 5.27. The van der Waals surface area contributed by atoms with Crippen LogP contribution in [-0.4, -0.2) is 12.1 Å². The second-order valence-electron chi connectivity index (χ2n) is 4.34. The van der Waals surface area contributed by atoms with Gasteiger partial charge in [-0.15, -0.1) is 0 Å². The van der Waals surface area contributed by atoms with Gasteiger partial charge in [-0.05, 0) is 36.8 Å². The highest BCUT2D eigenvalue weighted by Gasteiger charge is 2.02. The fourth-order valence-electron chi connectivity index (χ4n) is 1.63. The molecule has 1 heterocycles. The Morgan fingerprint density at radius 3 is 2.32 bits per heavy atom. The van der Waals surface area contributed by atoms with Crippen molar-refractivity contribution in [2.75, 3.05) is 7.11 Å². The van der Waals surface area contributed by atoms with Crippen molar-refractivity contribution in [1.82, 2.24) is 4.98 Å². The van der Waals surface area contributed by atoms with Gasteiger partial charge in [0.25, 0.3) is 0 Å². The molecule has 2 N–H and O–H groups in total. The molecule has 0 unspecified atom stereocenters. The van der Waals surface area contributed by atoms with Gasteiger partial charge >= 0.3 is 0 Å². The van der Waals surface area contributed by atoms with E-state index in [9.17, 15) is 0 Å². The SMILES string of the molecule is COc1ccc(COc2ccc([C@@H](C)N)nc2)cc1. The Bertz CT molecular complexity index is 507. The largest absolute Gasteiger partial charge is 0.497 e. The zero-order valence-electron chi connectivity index (χ0n) is 11.2. The summed E-state index contributed by atoms with van der Waals surface area (Å²) in [7, 11) is 1.65. The lowest BCUT2D eigenvalue weighted by molar-refractivity contribution is 0.304. The molecular weight excluding hydrogens is 240 g/mol. The van der Waals surface area contributed by atoms with E-state index in [0.717, 1.165) is 22.8 Å². The lowest BCUT2D eigenvalue weighted by Gasteiger charge is -2.08. The molecule has 1 aromatic carbocycles. The van der Waals surface area contributed by atoms with Gasteiger partial charge in [-0.25, -0.2) is 0 Å². The Kier molecular flexibility index (Phi) is 4.36. The standard InChI is InChI=1S/C15H18N2O2/c1-11(16)15-8-7-14(9-17-15)19-10-12-3-5-13(18-2)6-4-12/h3-9,11H,10,16H2,1-2H3/t11-/m1/s1. The van der Waals surface area contributed by atoms with Crippen molar-refractivity contribution in [3.05, 3.63) is 53.9 Å². The number of benzene rings is 1. The first kappa shape index (κ1) is 13.4. The van der Waals surface area contributed by atoms with E-state index in [4.69, 9.17) is 15.2 Å². The highest BCUT2D eigenvalue weighted by Crippen LogP contribution is 2.16. The average molecular weight is 258 g/mol. The molecule has 0 amide bonds. The molecule has 0 radical (unpaired) electrons. The van der Waals surface area contributed by atoms with Crippen molar-refractivity contribution in [2.24, 2.45) is 5.73 Å².